The van der Waals surface area contributed by atoms with Crippen LogP contribution in [0.4, 0.5) is 0 Å². The number of allylic oxidation sites excluding steroid dienone is 9. The van der Waals surface area contributed by atoms with Gasteiger partial charge in [-0.3, -0.25) is 14.4 Å². The molecular formula is C54H82O6. The summed E-state index contributed by atoms with van der Waals surface area (Å²) < 4.78 is 16.2. The van der Waals surface area contributed by atoms with E-state index >= 15 is 0 Å². The van der Waals surface area contributed by atoms with Gasteiger partial charge < -0.3 is 14.2 Å². The molecule has 0 aliphatic heterocycles. The SMILES string of the molecule is C.C#CC(/C(C=C)=C(/C=C)C=O)=C(/C)C=C.C=CC.C=CC=O.C=Cc1ccc(OCCCCCCOC)cc1.CC.CC.CCCCCCCOc1ccc(C=O)cc1. The van der Waals surface area contributed by atoms with Crippen LogP contribution in [-0.4, -0.2) is 45.8 Å². The van der Waals surface area contributed by atoms with Gasteiger partial charge in [-0.25, -0.2) is 0 Å². The van der Waals surface area contributed by atoms with E-state index in [1.54, 1.807) is 37.5 Å². The maximum absolute atomic E-state index is 10.8. The van der Waals surface area contributed by atoms with Crippen molar-refractivity contribution in [2.45, 2.75) is 114 Å². The molecule has 0 saturated heterocycles. The Hall–Kier alpha value is -5.51. The zero-order chi connectivity index (χ0) is 46.0. The summed E-state index contributed by atoms with van der Waals surface area (Å²) >= 11 is 0. The van der Waals surface area contributed by atoms with E-state index < -0.39 is 0 Å². The van der Waals surface area contributed by atoms with E-state index in [1.807, 2.05) is 84.0 Å². The molecule has 6 heteroatoms. The van der Waals surface area contributed by atoms with Crippen molar-refractivity contribution in [3.8, 4) is 23.8 Å². The van der Waals surface area contributed by atoms with E-state index in [1.165, 1.54) is 50.7 Å². The Balaban J connectivity index is -0.000000161. The van der Waals surface area contributed by atoms with E-state index in [0.717, 1.165) is 68.0 Å². The molecule has 0 spiro atoms. The maximum atomic E-state index is 10.8. The standard InChI is InChI=1S/C15H22O2.C14H20O2.C14H14O.C3H4O.C3H6.2C2H6.CH4/c1-3-14-8-10-15(11-9-14)17-13-7-5-4-6-12-16-2;1-2-3-4-5-6-11-16-14-9-7-13(12-15)8-10-14;1-6-11(5)13(8-3)14(9-4)12(7-2)10-15;1-2-3-4;1-3-2;2*1-2;/h3,8-11H,1,4-7,12-13H2,2H3;7-10,12H,2-6,11H2,1H3;3,6-7,9-10H,1-2,4H2,5H3;2-3H,1H2;3H,1H2,2H3;2*1-2H3;1H4/b;;13-11+,14-12-;;;;;. The van der Waals surface area contributed by atoms with Gasteiger partial charge in [0, 0.05) is 36.0 Å². The minimum atomic E-state index is 0. The lowest BCUT2D eigenvalue weighted by molar-refractivity contribution is -0.105. The minimum absolute atomic E-state index is 0. The fraction of sp³-hybridized carbons (Fsp3) is 0.389. The van der Waals surface area contributed by atoms with Gasteiger partial charge in [-0.1, -0.05) is 155 Å². The molecule has 60 heavy (non-hydrogen) atoms. The Bertz CT molecular complexity index is 1450. The van der Waals surface area contributed by atoms with Crippen molar-refractivity contribution in [3.63, 3.8) is 0 Å². The zero-order valence-electron chi connectivity index (χ0n) is 38.1. The number of carbonyl (C=O) groups is 3. The highest BCUT2D eigenvalue weighted by atomic mass is 16.5. The van der Waals surface area contributed by atoms with E-state index in [0.29, 0.717) is 34.9 Å². The fourth-order valence-corrected chi connectivity index (χ4v) is 4.22. The van der Waals surface area contributed by atoms with Gasteiger partial charge in [0.25, 0.3) is 0 Å². The maximum Gasteiger partial charge on any atom is 0.150 e. The zero-order valence-corrected chi connectivity index (χ0v) is 38.1. The molecule has 0 amide bonds. The third-order valence-corrected chi connectivity index (χ3v) is 7.23. The second-order valence-electron chi connectivity index (χ2n) is 11.6. The molecule has 2 aromatic carbocycles. The molecule has 0 atom stereocenters. The number of aldehydes is 3. The van der Waals surface area contributed by atoms with Crippen LogP contribution in [0, 0.1) is 12.3 Å². The van der Waals surface area contributed by atoms with Crippen molar-refractivity contribution in [2.24, 2.45) is 0 Å². The van der Waals surface area contributed by atoms with Gasteiger partial charge in [-0.05, 0) is 93.1 Å². The molecule has 0 aliphatic carbocycles. The van der Waals surface area contributed by atoms with Gasteiger partial charge in [0.1, 0.15) is 24.1 Å². The highest BCUT2D eigenvalue weighted by Gasteiger charge is 2.06. The van der Waals surface area contributed by atoms with Crippen molar-refractivity contribution >= 4 is 24.9 Å². The lowest BCUT2D eigenvalue weighted by Gasteiger charge is -2.06. The van der Waals surface area contributed by atoms with Gasteiger partial charge in [-0.2, -0.15) is 0 Å². The molecule has 6 nitrogen and oxygen atoms in total. The fourth-order valence-electron chi connectivity index (χ4n) is 4.22. The Morgan fingerprint density at radius 2 is 1.08 bits per heavy atom. The van der Waals surface area contributed by atoms with Crippen LogP contribution in [-0.2, 0) is 14.3 Å². The lowest BCUT2D eigenvalue weighted by atomic mass is 9.97. The Morgan fingerprint density at radius 1 is 0.667 bits per heavy atom. The number of carbonyl (C=O) groups excluding carboxylic acids is 3. The van der Waals surface area contributed by atoms with Crippen molar-refractivity contribution in [3.05, 3.63) is 152 Å². The molecule has 0 bridgehead atoms. The molecule has 2 aromatic rings. The Morgan fingerprint density at radius 3 is 1.38 bits per heavy atom. The Kier molecular flexibility index (Phi) is 61.4. The second kappa shape index (κ2) is 55.6. The Labute approximate surface area is 368 Å². The average molecular weight is 827 g/mol. The van der Waals surface area contributed by atoms with Crippen molar-refractivity contribution in [1.29, 1.82) is 0 Å². The molecule has 0 radical (unpaired) electrons. The minimum Gasteiger partial charge on any atom is -0.494 e. The first-order chi connectivity index (χ1) is 28.7. The normalized spacial score (nSPS) is 9.52. The molecular weight excluding hydrogens is 745 g/mol. The van der Waals surface area contributed by atoms with Gasteiger partial charge in [0.15, 0.2) is 6.29 Å². The second-order valence-corrected chi connectivity index (χ2v) is 11.6. The third-order valence-electron chi connectivity index (χ3n) is 7.23. The molecule has 0 heterocycles. The van der Waals surface area contributed by atoms with E-state index in [2.05, 4.69) is 52.3 Å². The van der Waals surface area contributed by atoms with Crippen molar-refractivity contribution in [2.75, 3.05) is 26.9 Å². The molecule has 0 aromatic heterocycles. The number of hydrogen-bond acceptors (Lipinski definition) is 6. The van der Waals surface area contributed by atoms with Crippen LogP contribution >= 0.6 is 0 Å². The molecule has 2 rings (SSSR count). The first kappa shape index (κ1) is 66.3. The van der Waals surface area contributed by atoms with Gasteiger partial charge in [0.05, 0.1) is 13.2 Å². The molecule has 0 aliphatic rings. The summed E-state index contributed by atoms with van der Waals surface area (Å²) in [5.74, 6) is 4.31. The summed E-state index contributed by atoms with van der Waals surface area (Å²) in [6, 6.07) is 15.2. The van der Waals surface area contributed by atoms with Crippen LogP contribution in [0.5, 0.6) is 11.5 Å². The summed E-state index contributed by atoms with van der Waals surface area (Å²) in [6.07, 6.45) is 27.9. The van der Waals surface area contributed by atoms with Crippen LogP contribution in [0.15, 0.2) is 141 Å². The number of rotatable bonds is 23. The smallest absolute Gasteiger partial charge is 0.150 e. The van der Waals surface area contributed by atoms with Crippen molar-refractivity contribution in [1.82, 2.24) is 0 Å². The van der Waals surface area contributed by atoms with Crippen LogP contribution in [0.25, 0.3) is 6.08 Å². The number of methoxy groups -OCH3 is 1. The predicted octanol–water partition coefficient (Wildman–Crippen LogP) is 15.0. The number of terminal acetylenes is 1. The topological polar surface area (TPSA) is 78.9 Å². The van der Waals surface area contributed by atoms with Gasteiger partial charge in [-0.15, -0.1) is 13.0 Å². The van der Waals surface area contributed by atoms with E-state index in [-0.39, 0.29) is 7.43 Å². The number of hydrogen-bond donors (Lipinski definition) is 0. The lowest BCUT2D eigenvalue weighted by Crippen LogP contribution is -1.97. The van der Waals surface area contributed by atoms with Crippen LogP contribution < -0.4 is 9.47 Å². The van der Waals surface area contributed by atoms with Crippen molar-refractivity contribution < 1.29 is 28.6 Å². The first-order valence-electron chi connectivity index (χ1n) is 20.6. The molecule has 0 fully saturated rings. The monoisotopic (exact) mass is 827 g/mol. The van der Waals surface area contributed by atoms with Gasteiger partial charge >= 0.3 is 0 Å². The van der Waals surface area contributed by atoms with Gasteiger partial charge in [0.2, 0.25) is 0 Å². The molecule has 0 N–H and O–H groups in total. The number of unbranched alkanes of at least 4 members (excludes halogenated alkanes) is 7. The summed E-state index contributed by atoms with van der Waals surface area (Å²) in [5, 5.41) is 0. The molecule has 0 unspecified atom stereocenters. The van der Waals surface area contributed by atoms with E-state index in [9.17, 15) is 9.59 Å². The quantitative estimate of drug-likeness (QED) is 0.0277. The largest absolute Gasteiger partial charge is 0.494 e. The molecule has 0 saturated carbocycles. The summed E-state index contributed by atoms with van der Waals surface area (Å²) in [4.78, 5) is 30.3. The predicted molar refractivity (Wildman–Crippen MR) is 265 cm³/mol. The number of benzene rings is 2. The van der Waals surface area contributed by atoms with Crippen LogP contribution in [0.1, 0.15) is 130 Å². The molecule has 334 valence electrons. The highest BCUT2D eigenvalue weighted by Crippen LogP contribution is 2.20. The van der Waals surface area contributed by atoms with E-state index in [4.69, 9.17) is 25.4 Å². The average Bonchev–Trinajstić information content (AvgIpc) is 3.29. The number of ether oxygens (including phenoxy) is 3. The third kappa shape index (κ3) is 40.7. The first-order valence-corrected chi connectivity index (χ1v) is 20.6. The summed E-state index contributed by atoms with van der Waals surface area (Å²) in [5.41, 5.74) is 4.29. The summed E-state index contributed by atoms with van der Waals surface area (Å²) in [7, 11) is 1.75. The van der Waals surface area contributed by atoms with Crippen LogP contribution in [0.2, 0.25) is 0 Å². The van der Waals surface area contributed by atoms with Crippen LogP contribution in [0.3, 0.4) is 0 Å². The highest BCUT2D eigenvalue weighted by molar-refractivity contribution is 5.82. The summed E-state index contributed by atoms with van der Waals surface area (Å²) in [6.45, 7) is 37.4.